The molecule has 0 saturated heterocycles. The Morgan fingerprint density at radius 2 is 0.720 bits per heavy atom. The Kier molecular flexibility index (Phi) is 5.70. The van der Waals surface area contributed by atoms with Crippen LogP contribution in [0, 0.1) is 0 Å². The summed E-state index contributed by atoms with van der Waals surface area (Å²) >= 11 is 0. The van der Waals surface area contributed by atoms with Gasteiger partial charge in [-0.1, -0.05) is 127 Å². The van der Waals surface area contributed by atoms with Crippen LogP contribution in [-0.4, -0.2) is 0 Å². The van der Waals surface area contributed by atoms with Gasteiger partial charge in [0.05, 0.1) is 0 Å². The second-order valence-corrected chi connectivity index (χ2v) is 13.2. The molecule has 2 nitrogen and oxygen atoms in total. The maximum atomic E-state index is 6.45. The molecule has 50 heavy (non-hydrogen) atoms. The van der Waals surface area contributed by atoms with Gasteiger partial charge < -0.3 is 8.83 Å². The Morgan fingerprint density at radius 1 is 0.260 bits per heavy atom. The standard InChI is InChI=1S/C48H28O2/c1-2-10-29(11-3-1)31-20-18-30-19-21-32(27-34(30)26-31)45-35-12-4-6-14-37(35)46(38-15-7-5-13-36(38)45)33-22-23-42-40(28-33)48-44(50-42)25-24-43-47(48)39-16-8-9-17-41(39)49-43/h1-28H. The van der Waals surface area contributed by atoms with Gasteiger partial charge >= 0.3 is 0 Å². The normalized spacial score (nSPS) is 12.0. The van der Waals surface area contributed by atoms with Crippen molar-refractivity contribution in [3.05, 3.63) is 170 Å². The number of furan rings is 2. The fraction of sp³-hybridized carbons (Fsp3) is 0. The predicted octanol–water partition coefficient (Wildman–Crippen LogP) is 13.9. The lowest BCUT2D eigenvalue weighted by Crippen LogP contribution is -1.91. The third kappa shape index (κ3) is 3.96. The van der Waals surface area contributed by atoms with Crippen LogP contribution in [0.25, 0.3) is 110 Å². The molecular weight excluding hydrogens is 609 g/mol. The minimum Gasteiger partial charge on any atom is -0.456 e. The van der Waals surface area contributed by atoms with E-state index in [0.29, 0.717) is 0 Å². The van der Waals surface area contributed by atoms with Crippen LogP contribution < -0.4 is 0 Å². The van der Waals surface area contributed by atoms with Gasteiger partial charge in [0.1, 0.15) is 22.3 Å². The molecule has 0 radical (unpaired) electrons. The van der Waals surface area contributed by atoms with E-state index in [2.05, 4.69) is 146 Å². The van der Waals surface area contributed by atoms with Crippen molar-refractivity contribution in [2.75, 3.05) is 0 Å². The third-order valence-corrected chi connectivity index (χ3v) is 10.4. The van der Waals surface area contributed by atoms with Crippen molar-refractivity contribution < 1.29 is 8.83 Å². The molecule has 0 atom stereocenters. The smallest absolute Gasteiger partial charge is 0.136 e. The summed E-state index contributed by atoms with van der Waals surface area (Å²) in [5.74, 6) is 0. The molecule has 232 valence electrons. The summed E-state index contributed by atoms with van der Waals surface area (Å²) in [5, 5.41) is 11.8. The van der Waals surface area contributed by atoms with Crippen LogP contribution >= 0.6 is 0 Å². The highest BCUT2D eigenvalue weighted by molar-refractivity contribution is 6.27. The van der Waals surface area contributed by atoms with Gasteiger partial charge in [-0.05, 0) is 108 Å². The molecule has 0 bridgehead atoms. The lowest BCUT2D eigenvalue weighted by Gasteiger charge is -2.18. The SMILES string of the molecule is c1ccc(-c2ccc3ccc(-c4c5ccccc5c(-c5ccc6oc7ccc8oc9ccccc9c8c7c6c5)c5ccccc45)cc3c2)cc1. The lowest BCUT2D eigenvalue weighted by atomic mass is 9.85. The van der Waals surface area contributed by atoms with Crippen LogP contribution in [0.1, 0.15) is 0 Å². The summed E-state index contributed by atoms with van der Waals surface area (Å²) < 4.78 is 12.7. The summed E-state index contributed by atoms with van der Waals surface area (Å²) in [6.07, 6.45) is 0. The first-order valence-electron chi connectivity index (χ1n) is 17.1. The average molecular weight is 637 g/mol. The molecule has 2 heteroatoms. The Labute approximate surface area is 287 Å². The van der Waals surface area contributed by atoms with E-state index in [-0.39, 0.29) is 0 Å². The van der Waals surface area contributed by atoms with Crippen molar-refractivity contribution in [2.24, 2.45) is 0 Å². The summed E-state index contributed by atoms with van der Waals surface area (Å²) in [4.78, 5) is 0. The quantitative estimate of drug-likeness (QED) is 0.180. The molecule has 0 amide bonds. The Bertz CT molecular complexity index is 3080. The van der Waals surface area contributed by atoms with E-state index in [9.17, 15) is 0 Å². The fourth-order valence-electron chi connectivity index (χ4n) is 8.20. The molecule has 0 unspecified atom stereocenters. The van der Waals surface area contributed by atoms with Crippen molar-refractivity contribution >= 4 is 76.2 Å². The summed E-state index contributed by atoms with van der Waals surface area (Å²) in [6, 6.07) is 61.0. The van der Waals surface area contributed by atoms with Crippen molar-refractivity contribution in [1.29, 1.82) is 0 Å². The zero-order chi connectivity index (χ0) is 32.8. The highest BCUT2D eigenvalue weighted by atomic mass is 16.3. The third-order valence-electron chi connectivity index (χ3n) is 10.4. The first-order chi connectivity index (χ1) is 24.8. The molecule has 2 aromatic heterocycles. The van der Waals surface area contributed by atoms with Gasteiger partial charge in [-0.15, -0.1) is 0 Å². The van der Waals surface area contributed by atoms with E-state index >= 15 is 0 Å². The van der Waals surface area contributed by atoms with E-state index in [1.54, 1.807) is 0 Å². The van der Waals surface area contributed by atoms with Gasteiger partial charge in [-0.25, -0.2) is 0 Å². The molecule has 2 heterocycles. The molecular formula is C48H28O2. The summed E-state index contributed by atoms with van der Waals surface area (Å²) in [5.41, 5.74) is 10.8. The molecule has 0 saturated carbocycles. The summed E-state index contributed by atoms with van der Waals surface area (Å²) in [6.45, 7) is 0. The van der Waals surface area contributed by atoms with Crippen molar-refractivity contribution in [1.82, 2.24) is 0 Å². The largest absolute Gasteiger partial charge is 0.456 e. The van der Waals surface area contributed by atoms with Gasteiger partial charge in [0, 0.05) is 21.5 Å². The van der Waals surface area contributed by atoms with Crippen LogP contribution in [0.4, 0.5) is 0 Å². The maximum absolute atomic E-state index is 6.45. The van der Waals surface area contributed by atoms with Crippen LogP contribution in [0.3, 0.4) is 0 Å². The highest BCUT2D eigenvalue weighted by Gasteiger charge is 2.20. The molecule has 0 aliphatic heterocycles. The van der Waals surface area contributed by atoms with Crippen LogP contribution in [-0.2, 0) is 0 Å². The molecule has 0 fully saturated rings. The molecule has 0 aliphatic carbocycles. The van der Waals surface area contributed by atoms with Crippen LogP contribution in [0.15, 0.2) is 179 Å². The van der Waals surface area contributed by atoms with E-state index < -0.39 is 0 Å². The molecule has 0 spiro atoms. The van der Waals surface area contributed by atoms with Crippen molar-refractivity contribution in [3.8, 4) is 33.4 Å². The molecule has 11 aromatic rings. The van der Waals surface area contributed by atoms with E-state index in [0.717, 1.165) is 49.4 Å². The Balaban J connectivity index is 1.18. The zero-order valence-corrected chi connectivity index (χ0v) is 27.0. The van der Waals surface area contributed by atoms with Crippen molar-refractivity contribution in [3.63, 3.8) is 0 Å². The Hall–Kier alpha value is -6.64. The van der Waals surface area contributed by atoms with Crippen LogP contribution in [0.2, 0.25) is 0 Å². The first kappa shape index (κ1) is 27.3. The van der Waals surface area contributed by atoms with E-state index in [1.165, 1.54) is 60.1 Å². The maximum Gasteiger partial charge on any atom is 0.136 e. The van der Waals surface area contributed by atoms with E-state index in [4.69, 9.17) is 8.83 Å². The highest BCUT2D eigenvalue weighted by Crippen LogP contribution is 2.46. The molecule has 9 aromatic carbocycles. The average Bonchev–Trinajstić information content (AvgIpc) is 3.74. The second-order valence-electron chi connectivity index (χ2n) is 13.2. The minimum atomic E-state index is 0.869. The molecule has 0 N–H and O–H groups in total. The number of para-hydroxylation sites is 1. The zero-order valence-electron chi connectivity index (χ0n) is 27.0. The topological polar surface area (TPSA) is 26.3 Å². The van der Waals surface area contributed by atoms with Gasteiger partial charge in [0.2, 0.25) is 0 Å². The molecule has 0 aliphatic rings. The van der Waals surface area contributed by atoms with Crippen LogP contribution in [0.5, 0.6) is 0 Å². The first-order valence-corrected chi connectivity index (χ1v) is 17.1. The molecule has 11 rings (SSSR count). The monoisotopic (exact) mass is 636 g/mol. The van der Waals surface area contributed by atoms with Crippen molar-refractivity contribution in [2.45, 2.75) is 0 Å². The fourth-order valence-corrected chi connectivity index (χ4v) is 8.20. The van der Waals surface area contributed by atoms with Gasteiger partial charge in [-0.3, -0.25) is 0 Å². The van der Waals surface area contributed by atoms with E-state index in [1.807, 2.05) is 24.3 Å². The van der Waals surface area contributed by atoms with Gasteiger partial charge in [-0.2, -0.15) is 0 Å². The van der Waals surface area contributed by atoms with Gasteiger partial charge in [0.15, 0.2) is 0 Å². The lowest BCUT2D eigenvalue weighted by molar-refractivity contribution is 0.663. The number of benzene rings is 9. The number of hydrogen-bond donors (Lipinski definition) is 0. The Morgan fingerprint density at radius 3 is 1.38 bits per heavy atom. The number of rotatable bonds is 3. The van der Waals surface area contributed by atoms with Gasteiger partial charge in [0.25, 0.3) is 0 Å². The predicted molar refractivity (Wildman–Crippen MR) is 210 cm³/mol. The number of hydrogen-bond acceptors (Lipinski definition) is 2. The minimum absolute atomic E-state index is 0.869. The summed E-state index contributed by atoms with van der Waals surface area (Å²) in [7, 11) is 0. The second kappa shape index (κ2) is 10.4. The number of fused-ring (bicyclic) bond motifs is 10.